The number of allylic oxidation sites excluding steroid dienone is 4. The molecule has 3 saturated carbocycles. The number of alkyl halides is 2. The summed E-state index contributed by atoms with van der Waals surface area (Å²) in [5.41, 5.74) is 1.26. The maximum Gasteiger partial charge on any atom is 0.204 e. The zero-order valence-electron chi connectivity index (χ0n) is 22.1. The summed E-state index contributed by atoms with van der Waals surface area (Å²) in [5, 5.41) is 11.5. The Morgan fingerprint density at radius 2 is 1.95 bits per heavy atom. The summed E-state index contributed by atoms with van der Waals surface area (Å²) in [5.74, 6) is -2.20. The molecule has 210 valence electrons. The number of fused-ring (bicyclic) bond motifs is 7. The number of hydrogen-bond acceptors (Lipinski definition) is 7. The van der Waals surface area contributed by atoms with Crippen LogP contribution in [0.1, 0.15) is 46.0 Å². The Morgan fingerprint density at radius 3 is 2.67 bits per heavy atom. The average molecular weight is 544 g/mol. The molecule has 0 amide bonds. The summed E-state index contributed by atoms with van der Waals surface area (Å²) in [6, 6.07) is 6.68. The summed E-state index contributed by atoms with van der Waals surface area (Å²) in [6.07, 6.45) is 0.964. The van der Waals surface area contributed by atoms with Gasteiger partial charge in [0.2, 0.25) is 5.78 Å². The van der Waals surface area contributed by atoms with Crippen molar-refractivity contribution in [2.75, 3.05) is 12.3 Å². The highest BCUT2D eigenvalue weighted by molar-refractivity contribution is 6.01. The first kappa shape index (κ1) is 26.6. The second kappa shape index (κ2) is 9.21. The van der Waals surface area contributed by atoms with Gasteiger partial charge >= 0.3 is 0 Å². The van der Waals surface area contributed by atoms with E-state index in [0.29, 0.717) is 24.3 Å². The van der Waals surface area contributed by atoms with Crippen molar-refractivity contribution in [2.45, 2.75) is 81.9 Å². The number of rotatable bonds is 6. The summed E-state index contributed by atoms with van der Waals surface area (Å²) < 4.78 is 51.5. The number of halogens is 2. The second-order valence-corrected chi connectivity index (χ2v) is 11.9. The third kappa shape index (κ3) is 3.69. The van der Waals surface area contributed by atoms with Crippen LogP contribution in [0.3, 0.4) is 0 Å². The van der Waals surface area contributed by atoms with Gasteiger partial charge in [-0.05, 0) is 80.5 Å². The summed E-state index contributed by atoms with van der Waals surface area (Å²) >= 11 is 0. The van der Waals surface area contributed by atoms with E-state index in [2.05, 4.69) is 0 Å². The first-order valence-corrected chi connectivity index (χ1v) is 13.9. The van der Waals surface area contributed by atoms with E-state index >= 15 is 8.78 Å². The fraction of sp³-hybridized carbons (Fsp3) is 0.600. The van der Waals surface area contributed by atoms with Gasteiger partial charge in [-0.2, -0.15) is 0 Å². The van der Waals surface area contributed by atoms with E-state index in [0.717, 1.165) is 6.42 Å². The zero-order chi connectivity index (χ0) is 27.7. The lowest BCUT2D eigenvalue weighted by molar-refractivity contribution is -0.207. The predicted octanol–water partition coefficient (Wildman–Crippen LogP) is 4.04. The molecule has 4 aliphatic carbocycles. The minimum Gasteiger partial charge on any atom is -0.486 e. The number of aliphatic hydroxyl groups excluding tert-OH is 1. The SMILES string of the molecule is CCC[C@@H]1O[C@@H]2C[C@@H]3C(C[C@H](O)[C@@]4(F)[C@H]3C[C@H](F)C3=CC(=O)C=C[C@@]34C)[C@]2(C(=O)COc2ccc(N)cc2)O1. The van der Waals surface area contributed by atoms with Crippen molar-refractivity contribution < 1.29 is 37.7 Å². The number of nitrogen functional groups attached to an aromatic ring is 1. The number of aliphatic hydroxyl groups is 1. The molecule has 1 aromatic rings. The van der Waals surface area contributed by atoms with Crippen LogP contribution in [0.15, 0.2) is 48.1 Å². The van der Waals surface area contributed by atoms with Crippen molar-refractivity contribution in [3.63, 3.8) is 0 Å². The van der Waals surface area contributed by atoms with Gasteiger partial charge in [0.05, 0.1) is 12.2 Å². The molecular formula is C30H35F2NO6. The van der Waals surface area contributed by atoms with Crippen molar-refractivity contribution in [1.82, 2.24) is 0 Å². The lowest BCUT2D eigenvalue weighted by Crippen LogP contribution is -2.68. The third-order valence-electron chi connectivity index (χ3n) is 9.98. The van der Waals surface area contributed by atoms with Gasteiger partial charge in [0.1, 0.15) is 18.5 Å². The summed E-state index contributed by atoms with van der Waals surface area (Å²) in [7, 11) is 0. The van der Waals surface area contributed by atoms with Crippen molar-refractivity contribution in [1.29, 1.82) is 0 Å². The van der Waals surface area contributed by atoms with Gasteiger partial charge in [-0.25, -0.2) is 8.78 Å². The number of carbonyl (C=O) groups excluding carboxylic acids is 2. The normalized spacial score (nSPS) is 44.2. The average Bonchev–Trinajstić information content (AvgIpc) is 3.40. The fourth-order valence-corrected chi connectivity index (χ4v) is 8.19. The van der Waals surface area contributed by atoms with Crippen molar-refractivity contribution in [3.8, 4) is 5.75 Å². The third-order valence-corrected chi connectivity index (χ3v) is 9.98. The van der Waals surface area contributed by atoms with Crippen LogP contribution in [0.4, 0.5) is 14.5 Å². The van der Waals surface area contributed by atoms with E-state index in [9.17, 15) is 14.7 Å². The largest absolute Gasteiger partial charge is 0.486 e. The standard InChI is InChI=1S/C30H35F2NO6/c1-3-4-27-38-26-12-19-20(29(26,39-27)25(36)15-37-18-7-5-16(33)6-8-18)14-24(35)30(32)21(19)13-23(31)22-11-17(34)9-10-28(22,30)2/h5-11,19-21,23-24,26-27,35H,3-4,12-15,33H2,1-2H3/t19-,20?,21+,23+,24+,26-,27-,28+,29-,30+/m1/s1. The van der Waals surface area contributed by atoms with Crippen LogP contribution in [-0.4, -0.2) is 59.2 Å². The molecule has 6 rings (SSSR count). The van der Waals surface area contributed by atoms with Gasteiger partial charge in [0.25, 0.3) is 0 Å². The fourth-order valence-electron chi connectivity index (χ4n) is 8.19. The molecule has 0 spiro atoms. The molecule has 4 fully saturated rings. The zero-order valence-corrected chi connectivity index (χ0v) is 22.1. The Balaban J connectivity index is 1.35. The number of nitrogens with two attached hydrogens (primary N) is 1. The number of Topliss-reactive ketones (excluding diaryl/α,β-unsaturated/α-hetero) is 1. The number of hydrogen-bond donors (Lipinski definition) is 2. The van der Waals surface area contributed by atoms with E-state index in [4.69, 9.17) is 19.9 Å². The molecule has 10 atom stereocenters. The van der Waals surface area contributed by atoms with E-state index in [1.807, 2.05) is 6.92 Å². The minimum atomic E-state index is -2.22. The van der Waals surface area contributed by atoms with Crippen molar-refractivity contribution >= 4 is 17.3 Å². The Kier molecular flexibility index (Phi) is 6.28. The van der Waals surface area contributed by atoms with Gasteiger partial charge in [-0.1, -0.05) is 19.4 Å². The van der Waals surface area contributed by atoms with Crippen LogP contribution in [0, 0.1) is 23.2 Å². The molecule has 1 unspecified atom stereocenters. The molecule has 0 aromatic heterocycles. The number of ketones is 2. The van der Waals surface area contributed by atoms with Crippen LogP contribution >= 0.6 is 0 Å². The Labute approximate surface area is 226 Å². The van der Waals surface area contributed by atoms with Crippen molar-refractivity contribution in [2.24, 2.45) is 23.2 Å². The highest BCUT2D eigenvalue weighted by Crippen LogP contribution is 2.68. The summed E-state index contributed by atoms with van der Waals surface area (Å²) in [6.45, 7) is 3.25. The lowest BCUT2D eigenvalue weighted by atomic mass is 9.47. The van der Waals surface area contributed by atoms with E-state index < -0.39 is 59.1 Å². The monoisotopic (exact) mass is 543 g/mol. The number of anilines is 1. The number of benzene rings is 1. The van der Waals surface area contributed by atoms with Gasteiger partial charge in [0.15, 0.2) is 23.3 Å². The molecule has 1 aromatic carbocycles. The molecule has 5 aliphatic rings. The van der Waals surface area contributed by atoms with E-state index in [-0.39, 0.29) is 36.6 Å². The first-order chi connectivity index (χ1) is 18.5. The molecule has 1 aliphatic heterocycles. The quantitative estimate of drug-likeness (QED) is 0.522. The maximum atomic E-state index is 17.3. The van der Waals surface area contributed by atoms with Crippen LogP contribution in [0.5, 0.6) is 5.75 Å². The first-order valence-electron chi connectivity index (χ1n) is 13.9. The molecule has 3 N–H and O–H groups in total. The van der Waals surface area contributed by atoms with E-state index in [1.54, 1.807) is 31.2 Å². The van der Waals surface area contributed by atoms with E-state index in [1.165, 1.54) is 18.2 Å². The smallest absolute Gasteiger partial charge is 0.204 e. The number of ether oxygens (including phenoxy) is 3. The highest BCUT2D eigenvalue weighted by atomic mass is 19.1. The molecular weight excluding hydrogens is 508 g/mol. The van der Waals surface area contributed by atoms with Gasteiger partial charge in [-0.3, -0.25) is 9.59 Å². The van der Waals surface area contributed by atoms with Gasteiger partial charge < -0.3 is 25.1 Å². The molecule has 1 saturated heterocycles. The molecule has 7 nitrogen and oxygen atoms in total. The van der Waals surface area contributed by atoms with Gasteiger partial charge in [-0.15, -0.1) is 0 Å². The molecule has 0 radical (unpaired) electrons. The Morgan fingerprint density at radius 1 is 1.21 bits per heavy atom. The molecule has 1 heterocycles. The molecule has 39 heavy (non-hydrogen) atoms. The second-order valence-electron chi connectivity index (χ2n) is 11.9. The van der Waals surface area contributed by atoms with Crippen LogP contribution in [0.2, 0.25) is 0 Å². The highest BCUT2D eigenvalue weighted by Gasteiger charge is 2.75. The summed E-state index contributed by atoms with van der Waals surface area (Å²) in [4.78, 5) is 26.0. The van der Waals surface area contributed by atoms with Gasteiger partial charge in [0, 0.05) is 22.9 Å². The van der Waals surface area contributed by atoms with Crippen LogP contribution in [0.25, 0.3) is 0 Å². The Bertz CT molecular complexity index is 1230. The molecule has 0 bridgehead atoms. The van der Waals surface area contributed by atoms with Crippen LogP contribution in [-0.2, 0) is 19.1 Å². The topological polar surface area (TPSA) is 108 Å². The predicted molar refractivity (Wildman–Crippen MR) is 138 cm³/mol. The Hall–Kier alpha value is -2.62. The van der Waals surface area contributed by atoms with Crippen LogP contribution < -0.4 is 10.5 Å². The lowest BCUT2D eigenvalue weighted by Gasteiger charge is -2.60. The minimum absolute atomic E-state index is 0.0500. The maximum absolute atomic E-state index is 17.3. The number of carbonyl (C=O) groups is 2. The van der Waals surface area contributed by atoms with Crippen molar-refractivity contribution in [3.05, 3.63) is 48.1 Å². The molecule has 9 heteroatoms.